The number of amides is 3. The van der Waals surface area contributed by atoms with E-state index in [2.05, 4.69) is 22.0 Å². The Hall–Kier alpha value is -2.36. The van der Waals surface area contributed by atoms with E-state index in [4.69, 9.17) is 16.3 Å². The molecule has 0 saturated carbocycles. The second-order valence-corrected chi connectivity index (χ2v) is 8.42. The van der Waals surface area contributed by atoms with Gasteiger partial charge in [-0.2, -0.15) is 0 Å². The van der Waals surface area contributed by atoms with Crippen LogP contribution in [0.5, 0.6) is 0 Å². The summed E-state index contributed by atoms with van der Waals surface area (Å²) in [5.41, 5.74) is 0.983. The van der Waals surface area contributed by atoms with Crippen LogP contribution in [0.2, 0.25) is 5.02 Å². The van der Waals surface area contributed by atoms with E-state index in [9.17, 15) is 14.4 Å². The Morgan fingerprint density at radius 1 is 1.23 bits per heavy atom. The molecular weight excluding hydrogens is 410 g/mol. The zero-order chi connectivity index (χ0) is 21.6. The van der Waals surface area contributed by atoms with Crippen molar-refractivity contribution in [2.75, 3.05) is 38.2 Å². The highest BCUT2D eigenvalue weighted by Gasteiger charge is 2.57. The zero-order valence-electron chi connectivity index (χ0n) is 17.2. The van der Waals surface area contributed by atoms with Gasteiger partial charge < -0.3 is 14.5 Å². The maximum atomic E-state index is 13.3. The number of rotatable bonds is 4. The van der Waals surface area contributed by atoms with Crippen molar-refractivity contribution < 1.29 is 19.1 Å². The molecule has 3 heterocycles. The number of urea groups is 1. The van der Waals surface area contributed by atoms with Crippen LogP contribution < -0.4 is 10.2 Å². The van der Waals surface area contributed by atoms with Crippen LogP contribution in [0.1, 0.15) is 13.8 Å². The number of halogens is 1. The highest BCUT2D eigenvalue weighted by Crippen LogP contribution is 2.34. The van der Waals surface area contributed by atoms with Crippen molar-refractivity contribution in [2.45, 2.75) is 32.3 Å². The predicted molar refractivity (Wildman–Crippen MR) is 111 cm³/mol. The lowest BCUT2D eigenvalue weighted by Gasteiger charge is -2.45. The molecule has 0 spiro atoms. The molecule has 3 saturated heterocycles. The van der Waals surface area contributed by atoms with Crippen LogP contribution in [-0.4, -0.2) is 84.4 Å². The molecule has 3 fully saturated rings. The summed E-state index contributed by atoms with van der Waals surface area (Å²) in [7, 11) is 1.64. The monoisotopic (exact) mass is 435 g/mol. The fraction of sp³-hybridized carbons (Fsp3) is 0.550. The molecule has 30 heavy (non-hydrogen) atoms. The van der Waals surface area contributed by atoms with Gasteiger partial charge in [-0.15, -0.1) is 0 Å². The number of hydrogen-bond donors (Lipinski definition) is 1. The molecule has 3 aliphatic heterocycles. The third kappa shape index (κ3) is 3.51. The summed E-state index contributed by atoms with van der Waals surface area (Å²) in [6, 6.07) is 6.49. The number of ether oxygens (including phenoxy) is 1. The molecule has 0 bridgehead atoms. The Labute approximate surface area is 180 Å². The van der Waals surface area contributed by atoms with Crippen molar-refractivity contribution in [3.63, 3.8) is 0 Å². The summed E-state index contributed by atoms with van der Waals surface area (Å²) in [6.07, 6.45) is -0.729. The van der Waals surface area contributed by atoms with Crippen LogP contribution in [0.4, 0.5) is 10.5 Å². The number of carbonyl (C=O) groups is 3. The number of carbonyl (C=O) groups excluding carboxylic acids is 3. The van der Waals surface area contributed by atoms with Crippen molar-refractivity contribution in [3.8, 4) is 0 Å². The number of nitrogens with one attached hydrogen (secondary N) is 1. The molecule has 9 nitrogen and oxygen atoms in total. The summed E-state index contributed by atoms with van der Waals surface area (Å²) in [4.78, 5) is 44.8. The normalized spacial score (nSPS) is 29.1. The van der Waals surface area contributed by atoms with Gasteiger partial charge in [0, 0.05) is 30.8 Å². The smallest absolute Gasteiger partial charge is 0.328 e. The van der Waals surface area contributed by atoms with E-state index >= 15 is 0 Å². The standard InChI is InChI=1S/C20H26ClN5O4/c1-4-30-15(27)11-26-18(28)16-17(23(3)20(26)29)22-19-24(9-12(2)10-25(16)19)14-7-5-13(21)6-8-14/h5-8,12,16-17,19,22H,4,9-11H2,1-3H3. The Bertz CT molecular complexity index is 850. The number of imide groups is 1. The zero-order valence-corrected chi connectivity index (χ0v) is 18.0. The SMILES string of the molecule is CCOC(=O)CN1C(=O)C2C(NC3N(c4ccc(Cl)cc4)CC(C)CN23)N(C)C1=O. The predicted octanol–water partition coefficient (Wildman–Crippen LogP) is 1.14. The minimum Gasteiger partial charge on any atom is -0.465 e. The van der Waals surface area contributed by atoms with Gasteiger partial charge in [0.05, 0.1) is 6.61 Å². The first-order valence-electron chi connectivity index (χ1n) is 10.1. The fourth-order valence-corrected chi connectivity index (χ4v) is 4.66. The Morgan fingerprint density at radius 3 is 2.60 bits per heavy atom. The quantitative estimate of drug-likeness (QED) is 0.710. The summed E-state index contributed by atoms with van der Waals surface area (Å²) in [5, 5.41) is 4.10. The van der Waals surface area contributed by atoms with Gasteiger partial charge in [-0.3, -0.25) is 24.7 Å². The van der Waals surface area contributed by atoms with E-state index in [-0.39, 0.29) is 25.3 Å². The fourth-order valence-electron chi connectivity index (χ4n) is 4.53. The molecule has 1 N–H and O–H groups in total. The molecule has 162 valence electrons. The first-order chi connectivity index (χ1) is 14.3. The number of esters is 1. The van der Waals surface area contributed by atoms with E-state index in [1.165, 1.54) is 4.90 Å². The first kappa shape index (κ1) is 20.9. The second kappa shape index (κ2) is 8.05. The average molecular weight is 436 g/mol. The molecule has 0 aliphatic carbocycles. The second-order valence-electron chi connectivity index (χ2n) is 7.98. The number of benzene rings is 1. The Kier molecular flexibility index (Phi) is 5.61. The molecule has 4 rings (SSSR count). The summed E-state index contributed by atoms with van der Waals surface area (Å²) in [5.74, 6) is -0.675. The average Bonchev–Trinajstić information content (AvgIpc) is 3.09. The van der Waals surface area contributed by atoms with Gasteiger partial charge in [0.1, 0.15) is 25.0 Å². The van der Waals surface area contributed by atoms with Gasteiger partial charge >= 0.3 is 12.0 Å². The molecule has 1 aromatic carbocycles. The van der Waals surface area contributed by atoms with E-state index in [1.807, 2.05) is 24.3 Å². The van der Waals surface area contributed by atoms with Gasteiger partial charge in [-0.1, -0.05) is 18.5 Å². The van der Waals surface area contributed by atoms with E-state index < -0.39 is 24.2 Å². The van der Waals surface area contributed by atoms with Crippen LogP contribution in [0, 0.1) is 5.92 Å². The molecule has 1 aromatic rings. The van der Waals surface area contributed by atoms with Crippen molar-refractivity contribution >= 4 is 35.2 Å². The van der Waals surface area contributed by atoms with Crippen molar-refractivity contribution in [1.82, 2.24) is 20.0 Å². The topological polar surface area (TPSA) is 85.4 Å². The Morgan fingerprint density at radius 2 is 1.93 bits per heavy atom. The molecule has 3 aliphatic rings. The van der Waals surface area contributed by atoms with Gasteiger partial charge in [-0.25, -0.2) is 4.79 Å². The molecular formula is C20H26ClN5O4. The molecule has 10 heteroatoms. The third-order valence-electron chi connectivity index (χ3n) is 5.84. The number of anilines is 1. The van der Waals surface area contributed by atoms with E-state index in [0.717, 1.165) is 17.1 Å². The van der Waals surface area contributed by atoms with Crippen LogP contribution in [0.15, 0.2) is 24.3 Å². The van der Waals surface area contributed by atoms with Crippen LogP contribution >= 0.6 is 11.6 Å². The molecule has 3 amide bonds. The van der Waals surface area contributed by atoms with Crippen LogP contribution in [0.3, 0.4) is 0 Å². The molecule has 4 unspecified atom stereocenters. The molecule has 0 aromatic heterocycles. The first-order valence-corrected chi connectivity index (χ1v) is 10.5. The minimum absolute atomic E-state index is 0.195. The van der Waals surface area contributed by atoms with E-state index in [1.54, 1.807) is 14.0 Å². The molecule has 0 radical (unpaired) electrons. The van der Waals surface area contributed by atoms with Crippen LogP contribution in [0.25, 0.3) is 0 Å². The summed E-state index contributed by atoms with van der Waals surface area (Å²) < 4.78 is 4.94. The Balaban J connectivity index is 1.63. The van der Waals surface area contributed by atoms with Gasteiger partial charge in [0.25, 0.3) is 5.91 Å². The highest BCUT2D eigenvalue weighted by molar-refractivity contribution is 6.30. The number of fused-ring (bicyclic) bond motifs is 3. The van der Waals surface area contributed by atoms with Gasteiger partial charge in [0.15, 0.2) is 0 Å². The summed E-state index contributed by atoms with van der Waals surface area (Å²) in [6.45, 7) is 5.13. The lowest BCUT2D eigenvalue weighted by atomic mass is 10.0. The lowest BCUT2D eigenvalue weighted by molar-refractivity contribution is -0.151. The van der Waals surface area contributed by atoms with Crippen molar-refractivity contribution in [2.24, 2.45) is 5.92 Å². The maximum absolute atomic E-state index is 13.3. The van der Waals surface area contributed by atoms with Gasteiger partial charge in [-0.05, 0) is 37.1 Å². The van der Waals surface area contributed by atoms with Crippen LogP contribution in [-0.2, 0) is 14.3 Å². The maximum Gasteiger partial charge on any atom is 0.328 e. The minimum atomic E-state index is -0.594. The number of hydrogen-bond acceptors (Lipinski definition) is 7. The summed E-state index contributed by atoms with van der Waals surface area (Å²) >= 11 is 6.05. The van der Waals surface area contributed by atoms with E-state index in [0.29, 0.717) is 17.5 Å². The largest absolute Gasteiger partial charge is 0.465 e. The van der Waals surface area contributed by atoms with Crippen molar-refractivity contribution in [1.29, 1.82) is 0 Å². The lowest BCUT2D eigenvalue weighted by Crippen LogP contribution is -2.67. The third-order valence-corrected chi connectivity index (χ3v) is 6.09. The number of likely N-dealkylation sites (N-methyl/N-ethyl adjacent to an activating group) is 1. The molecule has 4 atom stereocenters. The van der Waals surface area contributed by atoms with Crippen molar-refractivity contribution in [3.05, 3.63) is 29.3 Å². The highest BCUT2D eigenvalue weighted by atomic mass is 35.5. The van der Waals surface area contributed by atoms with Gasteiger partial charge in [0.2, 0.25) is 0 Å². The number of nitrogens with zero attached hydrogens (tertiary/aromatic N) is 4.